The number of Topliss-reactive ketones (excluding diaryl/α,β-unsaturated/α-hetero) is 3. The van der Waals surface area contributed by atoms with Crippen LogP contribution >= 0.6 is 11.6 Å². The van der Waals surface area contributed by atoms with Crippen LogP contribution in [-0.2, 0) is 0 Å². The molecule has 4 aromatic rings. The highest BCUT2D eigenvalue weighted by atomic mass is 35.5. The predicted octanol–water partition coefficient (Wildman–Crippen LogP) is 6.05. The second-order valence-electron chi connectivity index (χ2n) is 10.4. The van der Waals surface area contributed by atoms with Gasteiger partial charge in [-0.25, -0.2) is 0 Å². The van der Waals surface area contributed by atoms with Gasteiger partial charge in [-0.3, -0.25) is 29.5 Å². The van der Waals surface area contributed by atoms with Gasteiger partial charge in [-0.1, -0.05) is 72.3 Å². The van der Waals surface area contributed by atoms with E-state index in [1.54, 1.807) is 59.8 Å². The number of halogens is 1. The zero-order chi connectivity index (χ0) is 28.5. The Balaban J connectivity index is 1.54. The fourth-order valence-corrected chi connectivity index (χ4v) is 6.86. The Morgan fingerprint density at radius 2 is 1.46 bits per heavy atom. The van der Waals surface area contributed by atoms with Crippen LogP contribution in [-0.4, -0.2) is 39.5 Å². The molecule has 3 atom stereocenters. The molecular weight excluding hydrogens is 542 g/mol. The van der Waals surface area contributed by atoms with Crippen LogP contribution < -0.4 is 0 Å². The minimum absolute atomic E-state index is 0.144. The maximum Gasteiger partial charge on any atom is 0.269 e. The van der Waals surface area contributed by atoms with Crippen molar-refractivity contribution in [3.63, 3.8) is 0 Å². The number of hydrazone groups is 1. The first kappa shape index (κ1) is 25.0. The summed E-state index contributed by atoms with van der Waals surface area (Å²) in [4.78, 5) is 54.7. The van der Waals surface area contributed by atoms with E-state index in [9.17, 15) is 24.5 Å². The second-order valence-corrected chi connectivity index (χ2v) is 10.8. The Morgan fingerprint density at radius 1 is 0.854 bits per heavy atom. The Kier molecular flexibility index (Phi) is 5.52. The molecule has 0 saturated carbocycles. The third-order valence-electron chi connectivity index (χ3n) is 8.44. The molecule has 8 nitrogen and oxygen atoms in total. The number of ketones is 3. The molecule has 0 radical (unpaired) electrons. The lowest BCUT2D eigenvalue weighted by atomic mass is 9.63. The second kappa shape index (κ2) is 9.04. The maximum atomic E-state index is 14.7. The predicted molar refractivity (Wildman–Crippen MR) is 152 cm³/mol. The van der Waals surface area contributed by atoms with Crippen molar-refractivity contribution in [2.45, 2.75) is 18.0 Å². The van der Waals surface area contributed by atoms with E-state index < -0.39 is 39.9 Å². The zero-order valence-corrected chi connectivity index (χ0v) is 22.1. The maximum absolute atomic E-state index is 14.7. The zero-order valence-electron chi connectivity index (χ0n) is 21.3. The molecule has 0 amide bonds. The SMILES string of the molecule is O=C(c1ccc(Cl)cc1)[C@H]1[C@@H](c2ccc([N+](=O)[O-])cc2)C2(C(=O)c3ccccc3C2=O)[C@H]2c3ccccc3C=NN12. The summed E-state index contributed by atoms with van der Waals surface area (Å²) in [7, 11) is 0. The van der Waals surface area contributed by atoms with Gasteiger partial charge >= 0.3 is 0 Å². The summed E-state index contributed by atoms with van der Waals surface area (Å²) in [6.07, 6.45) is 1.64. The van der Waals surface area contributed by atoms with E-state index in [4.69, 9.17) is 16.7 Å². The van der Waals surface area contributed by atoms with Crippen LogP contribution in [0.15, 0.2) is 102 Å². The van der Waals surface area contributed by atoms with Gasteiger partial charge in [0.05, 0.1) is 17.2 Å². The van der Waals surface area contributed by atoms with Gasteiger partial charge in [-0.15, -0.1) is 0 Å². The average molecular weight is 562 g/mol. The third-order valence-corrected chi connectivity index (χ3v) is 8.69. The summed E-state index contributed by atoms with van der Waals surface area (Å²) in [6.45, 7) is 0. The summed E-state index contributed by atoms with van der Waals surface area (Å²) >= 11 is 6.11. The highest BCUT2D eigenvalue weighted by Crippen LogP contribution is 2.64. The van der Waals surface area contributed by atoms with Crippen LogP contribution in [0.25, 0.3) is 0 Å². The third kappa shape index (κ3) is 3.40. The molecule has 0 aromatic heterocycles. The van der Waals surface area contributed by atoms with Crippen LogP contribution in [0.4, 0.5) is 5.69 Å². The minimum Gasteiger partial charge on any atom is -0.293 e. The van der Waals surface area contributed by atoms with Gasteiger partial charge in [0.25, 0.3) is 5.69 Å². The number of fused-ring (bicyclic) bond motifs is 5. The fourth-order valence-electron chi connectivity index (χ4n) is 6.74. The topological polar surface area (TPSA) is 110 Å². The molecule has 2 aliphatic heterocycles. The molecule has 9 heteroatoms. The quantitative estimate of drug-likeness (QED) is 0.130. The minimum atomic E-state index is -1.75. The Morgan fingerprint density at radius 3 is 2.10 bits per heavy atom. The normalized spacial score (nSPS) is 21.5. The van der Waals surface area contributed by atoms with E-state index in [0.717, 1.165) is 5.56 Å². The van der Waals surface area contributed by atoms with E-state index in [1.165, 1.54) is 24.3 Å². The first-order valence-corrected chi connectivity index (χ1v) is 13.4. The van der Waals surface area contributed by atoms with Crippen molar-refractivity contribution in [3.05, 3.63) is 146 Å². The molecule has 2 heterocycles. The molecular formula is C32H20ClN3O5. The monoisotopic (exact) mass is 561 g/mol. The molecule has 7 rings (SSSR count). The number of nitro benzene ring substituents is 1. The number of hydrogen-bond donors (Lipinski definition) is 0. The van der Waals surface area contributed by atoms with Gasteiger partial charge in [0.15, 0.2) is 17.3 Å². The molecule has 3 aliphatic rings. The molecule has 41 heavy (non-hydrogen) atoms. The highest BCUT2D eigenvalue weighted by molar-refractivity contribution is 6.32. The van der Waals surface area contributed by atoms with Crippen LogP contribution in [0.3, 0.4) is 0 Å². The van der Waals surface area contributed by atoms with Crippen LogP contribution in [0, 0.1) is 15.5 Å². The van der Waals surface area contributed by atoms with Crippen LogP contribution in [0.5, 0.6) is 0 Å². The molecule has 0 N–H and O–H groups in total. The van der Waals surface area contributed by atoms with Crippen molar-refractivity contribution in [1.29, 1.82) is 0 Å². The van der Waals surface area contributed by atoms with Gasteiger partial charge in [-0.2, -0.15) is 5.10 Å². The Hall–Kier alpha value is -4.95. The largest absolute Gasteiger partial charge is 0.293 e. The lowest BCUT2D eigenvalue weighted by molar-refractivity contribution is -0.384. The number of carbonyl (C=O) groups is 3. The summed E-state index contributed by atoms with van der Waals surface area (Å²) in [5, 5.41) is 18.2. The highest BCUT2D eigenvalue weighted by Gasteiger charge is 2.72. The smallest absolute Gasteiger partial charge is 0.269 e. The molecule has 1 saturated heterocycles. The molecule has 200 valence electrons. The number of nitro groups is 1. The Labute approximate surface area is 239 Å². The van der Waals surface area contributed by atoms with Crippen molar-refractivity contribution in [3.8, 4) is 0 Å². The van der Waals surface area contributed by atoms with Gasteiger partial charge in [-0.05, 0) is 41.0 Å². The first-order chi connectivity index (χ1) is 19.8. The molecule has 1 spiro atoms. The molecule has 4 aromatic carbocycles. The van der Waals surface area contributed by atoms with E-state index in [-0.39, 0.29) is 22.6 Å². The average Bonchev–Trinajstić information content (AvgIpc) is 3.43. The lowest BCUT2D eigenvalue weighted by Crippen LogP contribution is -2.43. The van der Waals surface area contributed by atoms with E-state index in [1.807, 2.05) is 24.3 Å². The lowest BCUT2D eigenvalue weighted by Gasteiger charge is -2.36. The van der Waals surface area contributed by atoms with E-state index >= 15 is 0 Å². The van der Waals surface area contributed by atoms with Crippen molar-refractivity contribution in [2.75, 3.05) is 0 Å². The van der Waals surface area contributed by atoms with E-state index in [0.29, 0.717) is 21.7 Å². The van der Waals surface area contributed by atoms with Gasteiger partial charge in [0.2, 0.25) is 0 Å². The number of nitrogens with zero attached hydrogens (tertiary/aromatic N) is 3. The first-order valence-electron chi connectivity index (χ1n) is 13.0. The molecule has 1 aliphatic carbocycles. The van der Waals surface area contributed by atoms with E-state index in [2.05, 4.69) is 0 Å². The summed E-state index contributed by atoms with van der Waals surface area (Å²) in [5.41, 5.74) is 0.926. The fraction of sp³-hybridized carbons (Fsp3) is 0.125. The van der Waals surface area contributed by atoms with Gasteiger partial charge in [0.1, 0.15) is 11.5 Å². The standard InChI is InChI=1S/C32H20ClN3O5/c33-21-13-9-19(10-14-21)28(37)27-26(18-11-15-22(16-12-18)36(40)41)32(30(38)24-7-3-4-8-25(24)31(32)39)29-23-6-2-1-5-20(23)17-34-35(27)29/h1-17,26-27,29H/t26-,27-,29-/m1/s1. The molecule has 1 fully saturated rings. The number of carbonyl (C=O) groups excluding carboxylic acids is 3. The number of non-ortho nitro benzene ring substituents is 1. The molecule has 0 bridgehead atoms. The Bertz CT molecular complexity index is 1780. The summed E-state index contributed by atoms with van der Waals surface area (Å²) < 4.78 is 0. The van der Waals surface area contributed by atoms with Crippen molar-refractivity contribution in [1.82, 2.24) is 5.01 Å². The van der Waals surface area contributed by atoms with Crippen molar-refractivity contribution in [2.24, 2.45) is 10.5 Å². The number of rotatable bonds is 4. The number of hydrogen-bond acceptors (Lipinski definition) is 7. The van der Waals surface area contributed by atoms with Crippen molar-refractivity contribution < 1.29 is 19.3 Å². The summed E-state index contributed by atoms with van der Waals surface area (Å²) in [5.74, 6) is -2.14. The van der Waals surface area contributed by atoms with Crippen LogP contribution in [0.1, 0.15) is 59.7 Å². The number of benzene rings is 4. The van der Waals surface area contributed by atoms with Gasteiger partial charge in [0, 0.05) is 39.8 Å². The van der Waals surface area contributed by atoms with Crippen LogP contribution in [0.2, 0.25) is 5.02 Å². The van der Waals surface area contributed by atoms with Gasteiger partial charge < -0.3 is 0 Å². The summed E-state index contributed by atoms with van der Waals surface area (Å²) in [6, 6.07) is 24.2. The van der Waals surface area contributed by atoms with Crippen molar-refractivity contribution >= 4 is 40.9 Å². The molecule has 0 unspecified atom stereocenters.